The molecule has 0 unspecified atom stereocenters. The first-order valence-electron chi connectivity index (χ1n) is 11.0. The van der Waals surface area contributed by atoms with E-state index in [4.69, 9.17) is 11.6 Å². The van der Waals surface area contributed by atoms with Gasteiger partial charge in [-0.15, -0.1) is 0 Å². The standard InChI is InChI=1S/C27H27ClN2O2/c28-25-14-8-7-13-24(25)27(32)29-17-15-23(16-18-29)26(31)30(19-21-9-3-1-4-10-21)20-22-11-5-2-6-12-22/h1-14,23H,15-20H2. The maximum absolute atomic E-state index is 13.5. The lowest BCUT2D eigenvalue weighted by molar-refractivity contribution is -0.138. The van der Waals surface area contributed by atoms with Gasteiger partial charge in [0.05, 0.1) is 10.6 Å². The van der Waals surface area contributed by atoms with Crippen LogP contribution in [0.25, 0.3) is 0 Å². The van der Waals surface area contributed by atoms with E-state index in [9.17, 15) is 9.59 Å². The van der Waals surface area contributed by atoms with E-state index in [1.165, 1.54) is 0 Å². The minimum Gasteiger partial charge on any atom is -0.339 e. The molecule has 4 rings (SSSR count). The van der Waals surface area contributed by atoms with Crippen molar-refractivity contribution in [2.75, 3.05) is 13.1 Å². The number of piperidine rings is 1. The van der Waals surface area contributed by atoms with Gasteiger partial charge in [-0.3, -0.25) is 9.59 Å². The highest BCUT2D eigenvalue weighted by molar-refractivity contribution is 6.33. The molecule has 2 amide bonds. The lowest BCUT2D eigenvalue weighted by Gasteiger charge is -2.34. The molecule has 4 nitrogen and oxygen atoms in total. The molecule has 0 saturated carbocycles. The number of carbonyl (C=O) groups excluding carboxylic acids is 2. The van der Waals surface area contributed by atoms with Gasteiger partial charge in [-0.05, 0) is 36.1 Å². The van der Waals surface area contributed by atoms with Crippen molar-refractivity contribution >= 4 is 23.4 Å². The molecule has 0 bridgehead atoms. The summed E-state index contributed by atoms with van der Waals surface area (Å²) >= 11 is 6.20. The molecule has 32 heavy (non-hydrogen) atoms. The topological polar surface area (TPSA) is 40.6 Å². The van der Waals surface area contributed by atoms with Crippen LogP contribution in [0.2, 0.25) is 5.02 Å². The van der Waals surface area contributed by atoms with E-state index in [1.54, 1.807) is 12.1 Å². The van der Waals surface area contributed by atoms with E-state index in [-0.39, 0.29) is 17.7 Å². The Morgan fingerprint density at radius 2 is 1.28 bits per heavy atom. The first kappa shape index (κ1) is 22.1. The van der Waals surface area contributed by atoms with Gasteiger partial charge in [-0.25, -0.2) is 0 Å². The van der Waals surface area contributed by atoms with Crippen LogP contribution < -0.4 is 0 Å². The highest BCUT2D eigenvalue weighted by Gasteiger charge is 2.31. The average Bonchev–Trinajstić information content (AvgIpc) is 2.84. The molecule has 164 valence electrons. The summed E-state index contributed by atoms with van der Waals surface area (Å²) in [5, 5.41) is 0.465. The van der Waals surface area contributed by atoms with Crippen LogP contribution in [0.1, 0.15) is 34.3 Å². The monoisotopic (exact) mass is 446 g/mol. The zero-order valence-electron chi connectivity index (χ0n) is 18.0. The molecule has 1 aliphatic rings. The van der Waals surface area contributed by atoms with Crippen LogP contribution in [0.4, 0.5) is 0 Å². The number of hydrogen-bond donors (Lipinski definition) is 0. The molecule has 3 aromatic rings. The lowest BCUT2D eigenvalue weighted by Crippen LogP contribution is -2.44. The van der Waals surface area contributed by atoms with Crippen molar-refractivity contribution in [1.82, 2.24) is 9.80 Å². The third-order valence-corrected chi connectivity index (χ3v) is 6.31. The first-order valence-corrected chi connectivity index (χ1v) is 11.4. The van der Waals surface area contributed by atoms with E-state index in [2.05, 4.69) is 24.3 Å². The Bertz CT molecular complexity index is 1010. The van der Waals surface area contributed by atoms with Gasteiger partial charge < -0.3 is 9.80 Å². The van der Waals surface area contributed by atoms with Gasteiger partial charge in [0.1, 0.15) is 0 Å². The van der Waals surface area contributed by atoms with Crippen molar-refractivity contribution in [2.45, 2.75) is 25.9 Å². The summed E-state index contributed by atoms with van der Waals surface area (Å²) in [6, 6.07) is 27.3. The van der Waals surface area contributed by atoms with Crippen LogP contribution in [0, 0.1) is 5.92 Å². The summed E-state index contributed by atoms with van der Waals surface area (Å²) in [5.41, 5.74) is 2.75. The highest BCUT2D eigenvalue weighted by atomic mass is 35.5. The van der Waals surface area contributed by atoms with Crippen LogP contribution >= 0.6 is 11.6 Å². The smallest absolute Gasteiger partial charge is 0.255 e. The molecule has 1 fully saturated rings. The van der Waals surface area contributed by atoms with Crippen LogP contribution in [-0.2, 0) is 17.9 Å². The minimum absolute atomic E-state index is 0.0630. The Kier molecular flexibility index (Phi) is 7.23. The van der Waals surface area contributed by atoms with Crippen molar-refractivity contribution in [3.8, 4) is 0 Å². The van der Waals surface area contributed by atoms with Crippen LogP contribution in [0.5, 0.6) is 0 Å². The van der Waals surface area contributed by atoms with Crippen molar-refractivity contribution in [3.63, 3.8) is 0 Å². The average molecular weight is 447 g/mol. The van der Waals surface area contributed by atoms with E-state index < -0.39 is 0 Å². The largest absolute Gasteiger partial charge is 0.339 e. The lowest BCUT2D eigenvalue weighted by atomic mass is 9.94. The summed E-state index contributed by atoms with van der Waals surface area (Å²) in [6.45, 7) is 2.27. The van der Waals surface area contributed by atoms with E-state index in [0.717, 1.165) is 11.1 Å². The summed E-state index contributed by atoms with van der Waals surface area (Å²) < 4.78 is 0. The van der Waals surface area contributed by atoms with E-state index >= 15 is 0 Å². The third kappa shape index (κ3) is 5.38. The quantitative estimate of drug-likeness (QED) is 0.507. The molecule has 0 aromatic heterocycles. The number of hydrogen-bond acceptors (Lipinski definition) is 2. The van der Waals surface area contributed by atoms with Crippen LogP contribution in [-0.4, -0.2) is 34.7 Å². The molecule has 1 saturated heterocycles. The maximum atomic E-state index is 13.5. The van der Waals surface area contributed by atoms with E-state index in [1.807, 2.05) is 58.3 Å². The second-order valence-electron chi connectivity index (χ2n) is 8.21. The summed E-state index contributed by atoms with van der Waals surface area (Å²) in [6.07, 6.45) is 1.32. The molecule has 0 atom stereocenters. The summed E-state index contributed by atoms with van der Waals surface area (Å²) in [4.78, 5) is 30.1. The predicted molar refractivity (Wildman–Crippen MR) is 127 cm³/mol. The van der Waals surface area contributed by atoms with Gasteiger partial charge in [0, 0.05) is 32.1 Å². The molecule has 3 aromatic carbocycles. The number of halogens is 1. The van der Waals surface area contributed by atoms with Gasteiger partial charge in [0.25, 0.3) is 5.91 Å². The fourth-order valence-electron chi connectivity index (χ4n) is 4.21. The number of carbonyl (C=O) groups is 2. The second kappa shape index (κ2) is 10.5. The van der Waals surface area contributed by atoms with E-state index in [0.29, 0.717) is 49.6 Å². The first-order chi connectivity index (χ1) is 15.6. The molecule has 0 aliphatic carbocycles. The number of nitrogens with zero attached hydrogens (tertiary/aromatic N) is 2. The van der Waals surface area contributed by atoms with Crippen molar-refractivity contribution in [3.05, 3.63) is 107 Å². The predicted octanol–water partition coefficient (Wildman–Crippen LogP) is 5.42. The Labute approximate surface area is 194 Å². The Hall–Kier alpha value is -3.11. The normalized spacial score (nSPS) is 14.2. The van der Waals surface area contributed by atoms with Crippen molar-refractivity contribution in [1.29, 1.82) is 0 Å². The number of likely N-dealkylation sites (tertiary alicyclic amines) is 1. The molecule has 0 spiro atoms. The zero-order chi connectivity index (χ0) is 22.3. The SMILES string of the molecule is O=C(c1ccccc1Cl)N1CCC(C(=O)N(Cc2ccccc2)Cc2ccccc2)CC1. The Morgan fingerprint density at radius 1 is 0.781 bits per heavy atom. The van der Waals surface area contributed by atoms with Gasteiger partial charge in [0.2, 0.25) is 5.91 Å². The summed E-state index contributed by atoms with van der Waals surface area (Å²) in [5.74, 6) is 0.00666. The molecule has 5 heteroatoms. The fourth-order valence-corrected chi connectivity index (χ4v) is 4.43. The van der Waals surface area contributed by atoms with Gasteiger partial charge in [0.15, 0.2) is 0 Å². The van der Waals surface area contributed by atoms with Crippen molar-refractivity contribution in [2.24, 2.45) is 5.92 Å². The molecule has 0 radical (unpaired) electrons. The molecule has 1 heterocycles. The molecule has 0 N–H and O–H groups in total. The molecular formula is C27H27ClN2O2. The number of rotatable bonds is 6. The van der Waals surface area contributed by atoms with Crippen LogP contribution in [0.15, 0.2) is 84.9 Å². The van der Waals surface area contributed by atoms with Crippen LogP contribution in [0.3, 0.4) is 0 Å². The highest BCUT2D eigenvalue weighted by Crippen LogP contribution is 2.25. The van der Waals surface area contributed by atoms with Gasteiger partial charge >= 0.3 is 0 Å². The minimum atomic E-state index is -0.0854. The molecule has 1 aliphatic heterocycles. The number of benzene rings is 3. The Balaban J connectivity index is 1.43. The number of amides is 2. The fraction of sp³-hybridized carbons (Fsp3) is 0.259. The van der Waals surface area contributed by atoms with Gasteiger partial charge in [-0.1, -0.05) is 84.4 Å². The van der Waals surface area contributed by atoms with Gasteiger partial charge in [-0.2, -0.15) is 0 Å². The maximum Gasteiger partial charge on any atom is 0.255 e. The zero-order valence-corrected chi connectivity index (χ0v) is 18.7. The Morgan fingerprint density at radius 3 is 1.81 bits per heavy atom. The molecular weight excluding hydrogens is 420 g/mol. The second-order valence-corrected chi connectivity index (χ2v) is 8.62. The third-order valence-electron chi connectivity index (χ3n) is 5.98. The summed E-state index contributed by atoms with van der Waals surface area (Å²) in [7, 11) is 0. The van der Waals surface area contributed by atoms with Crippen molar-refractivity contribution < 1.29 is 9.59 Å².